The molecule has 0 spiro atoms. The smallest absolute Gasteiger partial charge is 0.165 e. The molecule has 1 N–H and O–H groups in total. The van der Waals surface area contributed by atoms with Crippen molar-refractivity contribution in [2.75, 3.05) is 14.2 Å². The van der Waals surface area contributed by atoms with Crippen LogP contribution >= 0.6 is 0 Å². The molecule has 1 aromatic rings. The Kier molecular flexibility index (Phi) is 5.51. The van der Waals surface area contributed by atoms with Crippen molar-refractivity contribution in [2.45, 2.75) is 25.8 Å². The normalized spacial score (nSPS) is 11.5. The first-order valence-corrected chi connectivity index (χ1v) is 5.63. The minimum Gasteiger partial charge on any atom is -0.494 e. The maximum Gasteiger partial charge on any atom is 0.165 e. The van der Waals surface area contributed by atoms with Crippen LogP contribution in [-0.2, 0) is 0 Å². The van der Waals surface area contributed by atoms with Crippen LogP contribution in [0.15, 0.2) is 18.2 Å². The quantitative estimate of drug-likeness (QED) is 0.792. The zero-order chi connectivity index (χ0) is 12.7. The fraction of sp³-hybridized carbons (Fsp3) is 0.429. The Labute approximate surface area is 102 Å². The average Bonchev–Trinajstić information content (AvgIpc) is 2.35. The number of nitrogens with one attached hydrogen (secondary N) is 1. The van der Waals surface area contributed by atoms with Gasteiger partial charge >= 0.3 is 0 Å². The second kappa shape index (κ2) is 6.93. The van der Waals surface area contributed by atoms with Gasteiger partial charge < -0.3 is 10.1 Å². The van der Waals surface area contributed by atoms with E-state index in [1.165, 1.54) is 13.2 Å². The Balaban J connectivity index is 2.80. The van der Waals surface area contributed by atoms with Gasteiger partial charge in [-0.1, -0.05) is 6.07 Å². The number of rotatable bonds is 5. The van der Waals surface area contributed by atoms with Gasteiger partial charge in [-0.3, -0.25) is 0 Å². The van der Waals surface area contributed by atoms with E-state index in [0.717, 1.165) is 18.4 Å². The van der Waals surface area contributed by atoms with Crippen molar-refractivity contribution in [1.29, 1.82) is 0 Å². The minimum absolute atomic E-state index is 0.122. The van der Waals surface area contributed by atoms with E-state index >= 15 is 0 Å². The summed E-state index contributed by atoms with van der Waals surface area (Å²) >= 11 is 0. The molecule has 1 unspecified atom stereocenters. The molecule has 0 fully saturated rings. The van der Waals surface area contributed by atoms with E-state index in [1.807, 2.05) is 20.0 Å². The molecular weight excluding hydrogens is 217 g/mol. The number of methoxy groups -OCH3 is 1. The van der Waals surface area contributed by atoms with Crippen LogP contribution in [0.5, 0.6) is 5.75 Å². The summed E-state index contributed by atoms with van der Waals surface area (Å²) in [5, 5.41) is 3.17. The Morgan fingerprint density at radius 2 is 2.24 bits per heavy atom. The highest BCUT2D eigenvalue weighted by Crippen LogP contribution is 2.24. The predicted molar refractivity (Wildman–Crippen MR) is 67.4 cm³/mol. The van der Waals surface area contributed by atoms with Gasteiger partial charge in [0.1, 0.15) is 0 Å². The highest BCUT2D eigenvalue weighted by atomic mass is 19.1. The van der Waals surface area contributed by atoms with Gasteiger partial charge in [0, 0.05) is 12.5 Å². The molecule has 1 aromatic carbocycles. The van der Waals surface area contributed by atoms with E-state index < -0.39 is 0 Å². The lowest BCUT2D eigenvalue weighted by atomic mass is 10.0. The molecule has 0 saturated heterocycles. The van der Waals surface area contributed by atoms with Crippen molar-refractivity contribution in [3.63, 3.8) is 0 Å². The van der Waals surface area contributed by atoms with Crippen molar-refractivity contribution in [1.82, 2.24) is 5.32 Å². The second-order valence-electron chi connectivity index (χ2n) is 3.70. The number of ether oxygens (including phenoxy) is 1. The van der Waals surface area contributed by atoms with Crippen LogP contribution in [0.4, 0.5) is 4.39 Å². The summed E-state index contributed by atoms with van der Waals surface area (Å²) in [4.78, 5) is 0. The molecule has 0 aromatic heterocycles. The lowest BCUT2D eigenvalue weighted by Crippen LogP contribution is -2.16. The van der Waals surface area contributed by atoms with Gasteiger partial charge in [0.15, 0.2) is 11.6 Å². The molecule has 17 heavy (non-hydrogen) atoms. The van der Waals surface area contributed by atoms with Gasteiger partial charge in [-0.2, -0.15) is 0 Å². The van der Waals surface area contributed by atoms with Crippen LogP contribution in [0.25, 0.3) is 0 Å². The van der Waals surface area contributed by atoms with Crippen LogP contribution in [0, 0.1) is 17.7 Å². The third-order valence-electron chi connectivity index (χ3n) is 2.66. The Hall–Kier alpha value is -1.53. The monoisotopic (exact) mass is 235 g/mol. The highest BCUT2D eigenvalue weighted by molar-refractivity contribution is 5.31. The highest BCUT2D eigenvalue weighted by Gasteiger charge is 2.11. The summed E-state index contributed by atoms with van der Waals surface area (Å²) in [5.74, 6) is 5.82. The molecule has 92 valence electrons. The minimum atomic E-state index is -0.327. The molecular formula is C14H18FNO. The molecule has 2 nitrogen and oxygen atoms in total. The summed E-state index contributed by atoms with van der Waals surface area (Å²) in [6.45, 7) is 1.82. The first-order valence-electron chi connectivity index (χ1n) is 5.63. The zero-order valence-corrected chi connectivity index (χ0v) is 10.5. The third kappa shape index (κ3) is 3.76. The molecule has 0 radical (unpaired) electrons. The number of hydrogen-bond donors (Lipinski definition) is 1. The first-order chi connectivity index (χ1) is 8.22. The van der Waals surface area contributed by atoms with Crippen LogP contribution in [0.1, 0.15) is 31.4 Å². The summed E-state index contributed by atoms with van der Waals surface area (Å²) in [5.41, 5.74) is 0.920. The largest absolute Gasteiger partial charge is 0.494 e. The lowest BCUT2D eigenvalue weighted by Gasteiger charge is -2.16. The summed E-state index contributed by atoms with van der Waals surface area (Å²) in [6.07, 6.45) is 1.67. The molecule has 3 heteroatoms. The summed E-state index contributed by atoms with van der Waals surface area (Å²) in [7, 11) is 3.33. The maximum absolute atomic E-state index is 13.6. The topological polar surface area (TPSA) is 21.3 Å². The van der Waals surface area contributed by atoms with E-state index in [4.69, 9.17) is 4.74 Å². The van der Waals surface area contributed by atoms with E-state index in [9.17, 15) is 4.39 Å². The van der Waals surface area contributed by atoms with E-state index in [0.29, 0.717) is 0 Å². The van der Waals surface area contributed by atoms with Gasteiger partial charge in [0.05, 0.1) is 7.11 Å². The van der Waals surface area contributed by atoms with E-state index in [2.05, 4.69) is 17.2 Å². The van der Waals surface area contributed by atoms with Crippen molar-refractivity contribution >= 4 is 0 Å². The van der Waals surface area contributed by atoms with Gasteiger partial charge in [-0.15, -0.1) is 11.8 Å². The predicted octanol–water partition coefficient (Wildman–Crippen LogP) is 2.90. The SMILES string of the molecule is CC#CCCC(NC)c1ccc(OC)c(F)c1. The molecule has 1 atom stereocenters. The van der Waals surface area contributed by atoms with Crippen molar-refractivity contribution in [3.05, 3.63) is 29.6 Å². The number of hydrogen-bond acceptors (Lipinski definition) is 2. The van der Waals surface area contributed by atoms with Gasteiger partial charge in [0.2, 0.25) is 0 Å². The van der Waals surface area contributed by atoms with E-state index in [-0.39, 0.29) is 17.6 Å². The lowest BCUT2D eigenvalue weighted by molar-refractivity contribution is 0.385. The Morgan fingerprint density at radius 1 is 1.47 bits per heavy atom. The van der Waals surface area contributed by atoms with Crippen molar-refractivity contribution in [2.24, 2.45) is 0 Å². The molecule has 0 amide bonds. The van der Waals surface area contributed by atoms with Gasteiger partial charge in [0.25, 0.3) is 0 Å². The average molecular weight is 235 g/mol. The number of benzene rings is 1. The van der Waals surface area contributed by atoms with Gasteiger partial charge in [-0.25, -0.2) is 4.39 Å². The summed E-state index contributed by atoms with van der Waals surface area (Å²) < 4.78 is 18.4. The fourth-order valence-corrected chi connectivity index (χ4v) is 1.72. The molecule has 1 rings (SSSR count). The number of halogens is 1. The van der Waals surface area contributed by atoms with Crippen LogP contribution < -0.4 is 10.1 Å². The molecule has 0 heterocycles. The zero-order valence-electron chi connectivity index (χ0n) is 10.5. The van der Waals surface area contributed by atoms with Crippen LogP contribution in [0.3, 0.4) is 0 Å². The second-order valence-corrected chi connectivity index (χ2v) is 3.70. The van der Waals surface area contributed by atoms with E-state index in [1.54, 1.807) is 6.07 Å². The Bertz CT molecular complexity index is 420. The van der Waals surface area contributed by atoms with Crippen LogP contribution in [0.2, 0.25) is 0 Å². The molecule has 0 bridgehead atoms. The van der Waals surface area contributed by atoms with Crippen LogP contribution in [-0.4, -0.2) is 14.2 Å². The maximum atomic E-state index is 13.6. The molecule has 0 aliphatic carbocycles. The Morgan fingerprint density at radius 3 is 2.76 bits per heavy atom. The van der Waals surface area contributed by atoms with Gasteiger partial charge in [-0.05, 0) is 38.1 Å². The third-order valence-corrected chi connectivity index (χ3v) is 2.66. The van der Waals surface area contributed by atoms with Crippen molar-refractivity contribution < 1.29 is 9.13 Å². The standard InChI is InChI=1S/C14H18FNO/c1-4-5-6-7-13(16-2)11-8-9-14(17-3)12(15)10-11/h8-10,13,16H,6-7H2,1-3H3. The molecule has 0 saturated carbocycles. The van der Waals surface area contributed by atoms with Crippen molar-refractivity contribution in [3.8, 4) is 17.6 Å². The molecule has 0 aliphatic rings. The fourth-order valence-electron chi connectivity index (χ4n) is 1.72. The summed E-state index contributed by atoms with van der Waals surface area (Å²) in [6, 6.07) is 5.17. The first kappa shape index (κ1) is 13.5. The molecule has 0 aliphatic heterocycles.